The molecular formula is C48H51BrN12O13S3. The Labute approximate surface area is 462 Å². The number of aromatic amines is 1. The van der Waals surface area contributed by atoms with Crippen LogP contribution in [0.1, 0.15) is 26.3 Å². The van der Waals surface area contributed by atoms with Crippen molar-refractivity contribution >= 4 is 74.7 Å². The van der Waals surface area contributed by atoms with Gasteiger partial charge in [-0.05, 0) is 97.2 Å². The Morgan fingerprint density at radius 1 is 0.675 bits per heavy atom. The van der Waals surface area contributed by atoms with Crippen LogP contribution in [0, 0.1) is 4.77 Å². The summed E-state index contributed by atoms with van der Waals surface area (Å²) in [5.74, 6) is 22.6. The highest BCUT2D eigenvalue weighted by atomic mass is 79.9. The van der Waals surface area contributed by atoms with Crippen LogP contribution in [0.5, 0.6) is 57.5 Å². The van der Waals surface area contributed by atoms with E-state index < -0.39 is 5.97 Å². The highest BCUT2D eigenvalue weighted by Crippen LogP contribution is 2.37. The molecule has 0 saturated heterocycles. The number of nitrogens with two attached hydrogens (primary N) is 3. The summed E-state index contributed by atoms with van der Waals surface area (Å²) in [5, 5.41) is 30.1. The second-order valence-corrected chi connectivity index (χ2v) is 17.4. The molecule has 3 aliphatic rings. The van der Waals surface area contributed by atoms with Crippen molar-refractivity contribution in [1.82, 2.24) is 40.6 Å². The number of aromatic nitrogens is 6. The van der Waals surface area contributed by atoms with Crippen molar-refractivity contribution in [3.8, 4) is 80.3 Å². The number of rotatable bonds is 12. The number of ether oxygens (including phenoxy) is 10. The number of nitrogens with one attached hydrogen (secondary N) is 3. The molecule has 0 atom stereocenters. The number of ketones is 1. The first-order valence-electron chi connectivity index (χ1n) is 22.1. The van der Waals surface area contributed by atoms with Crippen LogP contribution in [0.15, 0.2) is 101 Å². The standard InChI is InChI=1S/C19H16N4O4S.C10H12N4O2S.C9H7BrO3.C9H10O4.CH6N4S/c1-24-13-5-12(6-14(8-13)25-2)18-20-21-19-23(18)22-15(9-28-19)11-3-4-16-17(7-11)27-10-26-16;1-15-7-3-6(4-8(5-7)16-2)9-12-13-10(17)14(9)11;10-4-7(11)6-1-2-8-9(3-6)13-5-12-8;1-12-7-3-6(9(10)11)4-8(5-7)13-2;2-4-1(6)5-3/h3-8H,9-10H2,1-2H3;3-5H,11H2,1-2H3,(H,13,17);1-3H,4-5H2;3-5H,1-2H3,(H,10,11);2-3H2,(H2,4,5,6). The van der Waals surface area contributed by atoms with Gasteiger partial charge < -0.3 is 58.3 Å². The van der Waals surface area contributed by atoms with Crippen LogP contribution >= 0.6 is 52.1 Å². The van der Waals surface area contributed by atoms with Gasteiger partial charge in [-0.2, -0.15) is 14.9 Å². The van der Waals surface area contributed by atoms with Crippen molar-refractivity contribution in [3.05, 3.63) is 112 Å². The molecule has 2 aromatic heterocycles. The zero-order chi connectivity index (χ0) is 55.6. The fraction of sp³-hybridized carbons (Fsp3) is 0.208. The van der Waals surface area contributed by atoms with Gasteiger partial charge in [0.15, 0.2) is 45.5 Å². The van der Waals surface area contributed by atoms with E-state index in [0.717, 1.165) is 39.1 Å². The third kappa shape index (κ3) is 15.2. The first-order chi connectivity index (χ1) is 37.2. The fourth-order valence-corrected chi connectivity index (χ4v) is 7.92. The van der Waals surface area contributed by atoms with E-state index >= 15 is 0 Å². The molecule has 29 heteroatoms. The van der Waals surface area contributed by atoms with Gasteiger partial charge >= 0.3 is 5.97 Å². The molecule has 0 fully saturated rings. The Morgan fingerprint density at radius 2 is 1.16 bits per heavy atom. The molecule has 0 radical (unpaired) electrons. The van der Waals surface area contributed by atoms with Crippen molar-refractivity contribution in [2.24, 2.45) is 16.8 Å². The van der Waals surface area contributed by atoms with E-state index in [9.17, 15) is 9.59 Å². The highest BCUT2D eigenvalue weighted by molar-refractivity contribution is 9.09. The molecule has 77 heavy (non-hydrogen) atoms. The minimum absolute atomic E-state index is 0.0401. The number of carbonyl (C=O) groups is 2. The largest absolute Gasteiger partial charge is 0.497 e. The van der Waals surface area contributed by atoms with E-state index in [1.54, 1.807) is 87.3 Å². The Bertz CT molecular complexity index is 3230. The molecular weight excluding hydrogens is 1130 g/mol. The number of nitrogens with zero attached hydrogens (tertiary/aromatic N) is 6. The number of carboxylic acids is 1. The van der Waals surface area contributed by atoms with Crippen molar-refractivity contribution < 1.29 is 62.1 Å². The van der Waals surface area contributed by atoms with Crippen molar-refractivity contribution in [1.29, 1.82) is 0 Å². The van der Waals surface area contributed by atoms with Gasteiger partial charge in [-0.15, -0.1) is 10.2 Å². The van der Waals surface area contributed by atoms with Crippen molar-refractivity contribution in [2.45, 2.75) is 5.16 Å². The third-order valence-electron chi connectivity index (χ3n) is 10.5. The van der Waals surface area contributed by atoms with E-state index in [1.165, 1.54) is 31.0 Å². The molecule has 25 nitrogen and oxygen atoms in total. The number of carbonyl (C=O) groups excluding carboxylic acids is 1. The number of H-pyrrole nitrogens is 1. The SMILES string of the molecule is COc1cc(OC)cc(-c2n[nH]c(=S)n2N)c1.COc1cc(OC)cc(-c2nnc3n2N=C(c2ccc4c(c2)OCO4)CS3)c1.COc1cc(OC)cc(C(=O)O)c1.NNC(=S)NN.O=C(CBr)c1ccc2c(c1)OCO2. The topological polar surface area (TPSA) is 325 Å². The van der Waals surface area contributed by atoms with Gasteiger partial charge in [0.1, 0.15) is 34.5 Å². The second-order valence-electron chi connectivity index (χ2n) is 15.1. The zero-order valence-electron chi connectivity index (χ0n) is 41.9. The number of aromatic carboxylic acids is 1. The molecule has 10 rings (SSSR count). The highest BCUT2D eigenvalue weighted by Gasteiger charge is 2.24. The molecule has 0 saturated carbocycles. The van der Waals surface area contributed by atoms with Gasteiger partial charge in [-0.25, -0.2) is 26.3 Å². The van der Waals surface area contributed by atoms with Gasteiger partial charge in [0.05, 0.1) is 59.3 Å². The summed E-state index contributed by atoms with van der Waals surface area (Å²) in [6.07, 6.45) is 0. The number of hydrogen-bond donors (Lipinski definition) is 7. The number of benzene rings is 5. The minimum Gasteiger partial charge on any atom is -0.497 e. The monoisotopic (exact) mass is 1180 g/mol. The normalized spacial score (nSPS) is 11.8. The maximum absolute atomic E-state index is 11.3. The lowest BCUT2D eigenvalue weighted by atomic mass is 10.1. The summed E-state index contributed by atoms with van der Waals surface area (Å²) in [4.78, 5) is 21.9. The number of alkyl halides is 1. The van der Waals surface area contributed by atoms with Crippen LogP contribution in [-0.2, 0) is 0 Å². The number of Topliss-reactive ketones (excluding diaryl/α,β-unsaturated/α-hetero) is 1. The number of nitrogen functional groups attached to an aromatic ring is 1. The number of hydrogen-bond acceptors (Lipinski definition) is 22. The Balaban J connectivity index is 0.000000169. The molecule has 5 heterocycles. The van der Waals surface area contributed by atoms with Gasteiger partial charge in [-0.1, -0.05) is 27.7 Å². The number of thioether (sulfide) groups is 1. The third-order valence-corrected chi connectivity index (χ3v) is 12.4. The number of methoxy groups -OCH3 is 6. The average molecular weight is 1180 g/mol. The van der Waals surface area contributed by atoms with Crippen LogP contribution in [0.3, 0.4) is 0 Å². The van der Waals surface area contributed by atoms with E-state index in [-0.39, 0.29) is 30.0 Å². The molecule has 3 aliphatic heterocycles. The number of hydrazine groups is 2. The lowest BCUT2D eigenvalue weighted by Crippen LogP contribution is -2.43. The molecule has 7 aromatic rings. The summed E-state index contributed by atoms with van der Waals surface area (Å²) >= 11 is 14.0. The first kappa shape index (κ1) is 57.9. The number of fused-ring (bicyclic) bond motifs is 3. The zero-order valence-corrected chi connectivity index (χ0v) is 45.9. The minimum atomic E-state index is -1.00. The van der Waals surface area contributed by atoms with Crippen LogP contribution in [0.4, 0.5) is 0 Å². The van der Waals surface area contributed by atoms with Crippen LogP contribution < -0.4 is 75.7 Å². The van der Waals surface area contributed by atoms with Crippen LogP contribution in [0.25, 0.3) is 22.8 Å². The molecule has 406 valence electrons. The van der Waals surface area contributed by atoms with Crippen molar-refractivity contribution in [2.75, 3.05) is 73.2 Å². The first-order valence-corrected chi connectivity index (χ1v) is 25.0. The molecule has 0 spiro atoms. The van der Waals surface area contributed by atoms with Gasteiger partial charge in [0.25, 0.3) is 0 Å². The smallest absolute Gasteiger partial charge is 0.335 e. The van der Waals surface area contributed by atoms with Gasteiger partial charge in [0, 0.05) is 46.2 Å². The lowest BCUT2D eigenvalue weighted by molar-refractivity contribution is 0.0695. The Kier molecular flexibility index (Phi) is 21.0. The Hall–Kier alpha value is -8.35. The predicted molar refractivity (Wildman–Crippen MR) is 294 cm³/mol. The number of thiocarbonyl (C=S) groups is 1. The predicted octanol–water partition coefficient (Wildman–Crippen LogP) is 5.98. The maximum atomic E-state index is 11.3. The van der Waals surface area contributed by atoms with E-state index in [1.807, 2.05) is 36.4 Å². The second kappa shape index (κ2) is 28.0. The average Bonchev–Trinajstić information content (AvgIpc) is 4.32. The molecule has 0 unspecified atom stereocenters. The van der Waals surface area contributed by atoms with E-state index in [2.05, 4.69) is 59.4 Å². The summed E-state index contributed by atoms with van der Waals surface area (Å²) in [5.41, 5.74) is 8.47. The molecule has 10 N–H and O–H groups in total. The van der Waals surface area contributed by atoms with Crippen LogP contribution in [0.2, 0.25) is 0 Å². The molecule has 0 amide bonds. The Morgan fingerprint density at radius 3 is 1.61 bits per heavy atom. The van der Waals surface area contributed by atoms with E-state index in [4.69, 9.17) is 87.3 Å². The molecule has 0 aliphatic carbocycles. The number of halogens is 1. The van der Waals surface area contributed by atoms with E-state index in [0.29, 0.717) is 79.1 Å². The number of carboxylic acid groups (broad SMARTS) is 1. The molecule has 0 bridgehead atoms. The summed E-state index contributed by atoms with van der Waals surface area (Å²) in [7, 11) is 9.34. The summed E-state index contributed by atoms with van der Waals surface area (Å²) in [6, 6.07) is 26.5. The summed E-state index contributed by atoms with van der Waals surface area (Å²) < 4.78 is 55.4. The maximum Gasteiger partial charge on any atom is 0.335 e. The lowest BCUT2D eigenvalue weighted by Gasteiger charge is -2.15. The van der Waals surface area contributed by atoms with Gasteiger partial charge in [0.2, 0.25) is 23.5 Å². The fourth-order valence-electron chi connectivity index (χ4n) is 6.63. The van der Waals surface area contributed by atoms with Crippen molar-refractivity contribution in [3.63, 3.8) is 0 Å². The quantitative estimate of drug-likeness (QED) is 0.0243. The summed E-state index contributed by atoms with van der Waals surface area (Å²) in [6.45, 7) is 0.485. The molecule has 5 aromatic carbocycles. The van der Waals surface area contributed by atoms with Crippen LogP contribution in [-0.4, -0.2) is 125 Å². The van der Waals surface area contributed by atoms with Gasteiger partial charge in [-0.3, -0.25) is 15.6 Å².